The van der Waals surface area contributed by atoms with Crippen LogP contribution in [0.4, 0.5) is 5.69 Å². The number of para-hydroxylation sites is 1. The molecule has 0 aliphatic carbocycles. The number of ether oxygens (including phenoxy) is 1. The minimum absolute atomic E-state index is 0.128. The molecule has 0 unspecified atom stereocenters. The Kier molecular flexibility index (Phi) is 7.95. The zero-order valence-corrected chi connectivity index (χ0v) is 20.4. The van der Waals surface area contributed by atoms with Gasteiger partial charge in [-0.2, -0.15) is 0 Å². The summed E-state index contributed by atoms with van der Waals surface area (Å²) in [6.07, 6.45) is 0.749. The quantitative estimate of drug-likeness (QED) is 0.247. The molecule has 0 bridgehead atoms. The van der Waals surface area contributed by atoms with E-state index < -0.39 is 5.97 Å². The lowest BCUT2D eigenvalue weighted by atomic mass is 10.1. The van der Waals surface area contributed by atoms with Gasteiger partial charge in [0.1, 0.15) is 0 Å². The SMILES string of the molecule is CCCOC(=O)c1cccc(NC(=O)CSc2nnc(-c3cccc(C)c3)n2-c2ccccc2)c1. The van der Waals surface area contributed by atoms with E-state index >= 15 is 0 Å². The lowest BCUT2D eigenvalue weighted by molar-refractivity contribution is -0.113. The van der Waals surface area contributed by atoms with E-state index in [1.54, 1.807) is 24.3 Å². The van der Waals surface area contributed by atoms with E-state index in [9.17, 15) is 9.59 Å². The zero-order valence-electron chi connectivity index (χ0n) is 19.6. The summed E-state index contributed by atoms with van der Waals surface area (Å²) in [5.41, 5.74) is 3.92. The number of carbonyl (C=O) groups is 2. The third-order valence-electron chi connectivity index (χ3n) is 5.08. The van der Waals surface area contributed by atoms with Gasteiger partial charge in [-0.25, -0.2) is 4.79 Å². The fourth-order valence-corrected chi connectivity index (χ4v) is 4.23. The molecule has 7 nitrogen and oxygen atoms in total. The predicted octanol–water partition coefficient (Wildman–Crippen LogP) is 5.54. The van der Waals surface area contributed by atoms with E-state index in [1.807, 2.05) is 66.9 Å². The van der Waals surface area contributed by atoms with Gasteiger partial charge in [0.2, 0.25) is 5.91 Å². The fraction of sp³-hybridized carbons (Fsp3) is 0.185. The first-order chi connectivity index (χ1) is 17.0. The molecule has 4 rings (SSSR count). The molecule has 1 aromatic heterocycles. The molecule has 178 valence electrons. The molecule has 0 atom stereocenters. The summed E-state index contributed by atoms with van der Waals surface area (Å²) in [5.74, 6) is 0.218. The van der Waals surface area contributed by atoms with Crippen molar-refractivity contribution in [2.75, 3.05) is 17.7 Å². The molecule has 35 heavy (non-hydrogen) atoms. The summed E-state index contributed by atoms with van der Waals surface area (Å²) >= 11 is 1.30. The maximum atomic E-state index is 12.7. The van der Waals surface area contributed by atoms with Gasteiger partial charge in [-0.15, -0.1) is 10.2 Å². The van der Waals surface area contributed by atoms with Crippen LogP contribution in [0.2, 0.25) is 0 Å². The number of amides is 1. The first-order valence-corrected chi connectivity index (χ1v) is 12.3. The number of aryl methyl sites for hydroxylation is 1. The third-order valence-corrected chi connectivity index (χ3v) is 6.00. The van der Waals surface area contributed by atoms with Crippen LogP contribution in [0.5, 0.6) is 0 Å². The molecule has 0 radical (unpaired) electrons. The molecule has 0 aliphatic rings. The van der Waals surface area contributed by atoms with Crippen LogP contribution in [0, 0.1) is 6.92 Å². The number of hydrogen-bond donors (Lipinski definition) is 1. The number of nitrogens with one attached hydrogen (secondary N) is 1. The van der Waals surface area contributed by atoms with Gasteiger partial charge in [-0.05, 0) is 49.7 Å². The molecule has 8 heteroatoms. The Labute approximate surface area is 208 Å². The largest absolute Gasteiger partial charge is 0.462 e. The van der Waals surface area contributed by atoms with Gasteiger partial charge >= 0.3 is 5.97 Å². The van der Waals surface area contributed by atoms with E-state index in [-0.39, 0.29) is 11.7 Å². The van der Waals surface area contributed by atoms with Crippen molar-refractivity contribution < 1.29 is 14.3 Å². The molecular formula is C27H26N4O3S. The molecule has 0 saturated heterocycles. The first-order valence-electron chi connectivity index (χ1n) is 11.3. The maximum Gasteiger partial charge on any atom is 0.338 e. The summed E-state index contributed by atoms with van der Waals surface area (Å²) in [6, 6.07) is 24.6. The number of anilines is 1. The van der Waals surface area contributed by atoms with E-state index in [4.69, 9.17) is 4.74 Å². The molecule has 0 spiro atoms. The summed E-state index contributed by atoms with van der Waals surface area (Å²) in [5, 5.41) is 12.3. The molecule has 1 amide bonds. The zero-order chi connectivity index (χ0) is 24.6. The third kappa shape index (κ3) is 6.16. The van der Waals surface area contributed by atoms with Crippen LogP contribution in [-0.2, 0) is 9.53 Å². The summed E-state index contributed by atoms with van der Waals surface area (Å²) in [4.78, 5) is 24.8. The Balaban J connectivity index is 1.50. The van der Waals surface area contributed by atoms with Crippen LogP contribution < -0.4 is 5.32 Å². The van der Waals surface area contributed by atoms with Crippen molar-refractivity contribution in [2.24, 2.45) is 0 Å². The average molecular weight is 487 g/mol. The second kappa shape index (κ2) is 11.5. The van der Waals surface area contributed by atoms with E-state index in [2.05, 4.69) is 21.6 Å². The number of thioether (sulfide) groups is 1. The normalized spacial score (nSPS) is 10.7. The second-order valence-electron chi connectivity index (χ2n) is 7.90. The van der Waals surface area contributed by atoms with Gasteiger partial charge in [0.25, 0.3) is 0 Å². The topological polar surface area (TPSA) is 86.1 Å². The standard InChI is InChI=1S/C27H26N4O3S/c1-3-15-34-26(33)21-11-8-12-22(17-21)28-24(32)18-35-27-30-29-25(20-10-7-9-19(2)16-20)31(27)23-13-5-4-6-14-23/h4-14,16-17H,3,15,18H2,1-2H3,(H,28,32). The molecule has 0 saturated carbocycles. The molecule has 0 fully saturated rings. The highest BCUT2D eigenvalue weighted by Gasteiger charge is 2.17. The van der Waals surface area contributed by atoms with Gasteiger partial charge in [-0.1, -0.05) is 66.7 Å². The molecule has 1 N–H and O–H groups in total. The highest BCUT2D eigenvalue weighted by Crippen LogP contribution is 2.28. The second-order valence-corrected chi connectivity index (χ2v) is 8.84. The molecule has 4 aromatic rings. The molecule has 0 aliphatic heterocycles. The van der Waals surface area contributed by atoms with Gasteiger partial charge in [-0.3, -0.25) is 9.36 Å². The number of carbonyl (C=O) groups excluding carboxylic acids is 2. The van der Waals surface area contributed by atoms with E-state index in [0.29, 0.717) is 28.8 Å². The minimum Gasteiger partial charge on any atom is -0.462 e. The first kappa shape index (κ1) is 24.2. The highest BCUT2D eigenvalue weighted by molar-refractivity contribution is 7.99. The number of benzene rings is 3. The summed E-state index contributed by atoms with van der Waals surface area (Å²) in [7, 11) is 0. The predicted molar refractivity (Wildman–Crippen MR) is 138 cm³/mol. The van der Waals surface area contributed by atoms with Crippen molar-refractivity contribution >= 4 is 29.3 Å². The van der Waals surface area contributed by atoms with Crippen molar-refractivity contribution in [1.29, 1.82) is 0 Å². The van der Waals surface area contributed by atoms with Gasteiger partial charge in [0.15, 0.2) is 11.0 Å². The Morgan fingerprint density at radius 2 is 1.77 bits per heavy atom. The Bertz CT molecular complexity index is 1320. The van der Waals surface area contributed by atoms with Crippen LogP contribution >= 0.6 is 11.8 Å². The van der Waals surface area contributed by atoms with Crippen LogP contribution in [0.15, 0.2) is 84.0 Å². The number of nitrogens with zero attached hydrogens (tertiary/aromatic N) is 3. The van der Waals surface area contributed by atoms with Crippen LogP contribution in [-0.4, -0.2) is 39.0 Å². The van der Waals surface area contributed by atoms with E-state index in [1.165, 1.54) is 11.8 Å². The number of rotatable bonds is 9. The van der Waals surface area contributed by atoms with Crippen LogP contribution in [0.25, 0.3) is 17.1 Å². The lowest BCUT2D eigenvalue weighted by Crippen LogP contribution is -2.15. The lowest BCUT2D eigenvalue weighted by Gasteiger charge is -2.11. The number of esters is 1. The van der Waals surface area contributed by atoms with Gasteiger partial charge < -0.3 is 10.1 Å². The summed E-state index contributed by atoms with van der Waals surface area (Å²) in [6.45, 7) is 4.33. The van der Waals surface area contributed by atoms with Crippen LogP contribution in [0.1, 0.15) is 29.3 Å². The van der Waals surface area contributed by atoms with Gasteiger partial charge in [0.05, 0.1) is 17.9 Å². The van der Waals surface area contributed by atoms with Crippen molar-refractivity contribution in [1.82, 2.24) is 14.8 Å². The van der Waals surface area contributed by atoms with Crippen molar-refractivity contribution in [3.8, 4) is 17.1 Å². The monoisotopic (exact) mass is 486 g/mol. The van der Waals surface area contributed by atoms with Gasteiger partial charge in [0, 0.05) is 16.9 Å². The van der Waals surface area contributed by atoms with Crippen molar-refractivity contribution in [3.63, 3.8) is 0 Å². The fourth-order valence-electron chi connectivity index (χ4n) is 3.47. The smallest absolute Gasteiger partial charge is 0.338 e. The van der Waals surface area contributed by atoms with Crippen molar-refractivity contribution in [3.05, 3.63) is 90.0 Å². The van der Waals surface area contributed by atoms with Crippen molar-refractivity contribution in [2.45, 2.75) is 25.4 Å². The molecule has 3 aromatic carbocycles. The average Bonchev–Trinajstić information content (AvgIpc) is 3.31. The summed E-state index contributed by atoms with van der Waals surface area (Å²) < 4.78 is 7.13. The van der Waals surface area contributed by atoms with Crippen LogP contribution in [0.3, 0.4) is 0 Å². The Morgan fingerprint density at radius 1 is 0.971 bits per heavy atom. The maximum absolute atomic E-state index is 12.7. The Morgan fingerprint density at radius 3 is 2.54 bits per heavy atom. The minimum atomic E-state index is -0.406. The molecule has 1 heterocycles. The Hall–Kier alpha value is -3.91. The number of aromatic nitrogens is 3. The highest BCUT2D eigenvalue weighted by atomic mass is 32.2. The molecular weight excluding hydrogens is 460 g/mol. The van der Waals surface area contributed by atoms with E-state index in [0.717, 1.165) is 23.2 Å². The number of hydrogen-bond acceptors (Lipinski definition) is 6.